The second-order valence-corrected chi connectivity index (χ2v) is 5.72. The van der Waals surface area contributed by atoms with Gasteiger partial charge in [0.2, 0.25) is 0 Å². The summed E-state index contributed by atoms with van der Waals surface area (Å²) in [5.41, 5.74) is 1.83. The van der Waals surface area contributed by atoms with Gasteiger partial charge in [0.25, 0.3) is 0 Å². The van der Waals surface area contributed by atoms with Gasteiger partial charge in [-0.15, -0.1) is 11.6 Å². The van der Waals surface area contributed by atoms with Gasteiger partial charge in [-0.2, -0.15) is 0 Å². The molecular weight excluding hydrogens is 296 g/mol. The molecule has 0 amide bonds. The maximum Gasteiger partial charge on any atom is 0.338 e. The molecule has 0 saturated heterocycles. The van der Waals surface area contributed by atoms with Gasteiger partial charge in [0.05, 0.1) is 12.2 Å². The van der Waals surface area contributed by atoms with E-state index < -0.39 is 0 Å². The molecule has 0 aromatic heterocycles. The second-order valence-electron chi connectivity index (χ2n) is 5.34. The van der Waals surface area contributed by atoms with Gasteiger partial charge in [-0.25, -0.2) is 4.79 Å². The number of ether oxygens (including phenoxy) is 1. The number of allylic oxidation sites excluding steroid dienone is 2. The van der Waals surface area contributed by atoms with E-state index in [0.717, 1.165) is 25.1 Å². The van der Waals surface area contributed by atoms with Gasteiger partial charge in [-0.3, -0.25) is 0 Å². The van der Waals surface area contributed by atoms with Gasteiger partial charge in [0, 0.05) is 5.88 Å². The molecular formula is C19H27ClO2. The lowest BCUT2D eigenvalue weighted by Crippen LogP contribution is -2.04. The monoisotopic (exact) mass is 322 g/mol. The van der Waals surface area contributed by atoms with Crippen molar-refractivity contribution in [1.82, 2.24) is 0 Å². The third-order valence-corrected chi connectivity index (χ3v) is 3.76. The van der Waals surface area contributed by atoms with Crippen molar-refractivity contribution >= 4 is 17.6 Å². The number of halogens is 1. The van der Waals surface area contributed by atoms with Crippen LogP contribution in [0.15, 0.2) is 36.4 Å². The Kier molecular flexibility index (Phi) is 10.5. The van der Waals surface area contributed by atoms with Gasteiger partial charge < -0.3 is 4.74 Å². The first-order chi connectivity index (χ1) is 10.8. The zero-order valence-electron chi connectivity index (χ0n) is 13.5. The Balaban J connectivity index is 2.19. The number of alkyl halides is 1. The number of rotatable bonds is 11. The first kappa shape index (κ1) is 18.8. The average Bonchev–Trinajstić information content (AvgIpc) is 2.54. The third-order valence-electron chi connectivity index (χ3n) is 3.49. The minimum atomic E-state index is -0.251. The Morgan fingerprint density at radius 2 is 1.73 bits per heavy atom. The fraction of sp³-hybridized carbons (Fsp3) is 0.526. The average molecular weight is 323 g/mol. The lowest BCUT2D eigenvalue weighted by Gasteiger charge is -2.02. The fourth-order valence-corrected chi connectivity index (χ4v) is 2.40. The first-order valence-corrected chi connectivity index (χ1v) is 8.78. The first-order valence-electron chi connectivity index (χ1n) is 8.25. The van der Waals surface area contributed by atoms with Gasteiger partial charge in [0.15, 0.2) is 0 Å². The van der Waals surface area contributed by atoms with Crippen molar-refractivity contribution in [3.8, 4) is 0 Å². The zero-order valence-corrected chi connectivity index (χ0v) is 14.3. The van der Waals surface area contributed by atoms with Crippen molar-refractivity contribution in [2.75, 3.05) is 12.5 Å². The summed E-state index contributed by atoms with van der Waals surface area (Å²) in [5, 5.41) is 0. The van der Waals surface area contributed by atoms with Crippen LogP contribution in [0.1, 0.15) is 61.4 Å². The molecule has 0 spiro atoms. The molecule has 0 aliphatic heterocycles. The molecule has 0 saturated carbocycles. The third kappa shape index (κ3) is 8.23. The lowest BCUT2D eigenvalue weighted by molar-refractivity contribution is 0.0526. The Labute approximate surface area is 139 Å². The summed E-state index contributed by atoms with van der Waals surface area (Å²) in [5.74, 6) is 0.535. The summed E-state index contributed by atoms with van der Waals surface area (Å²) in [6.07, 6.45) is 12.7. The molecule has 0 fully saturated rings. The van der Waals surface area contributed by atoms with Crippen LogP contribution in [0.2, 0.25) is 0 Å². The van der Waals surface area contributed by atoms with Crippen LogP contribution in [-0.4, -0.2) is 18.5 Å². The summed E-state index contributed by atoms with van der Waals surface area (Å²) in [7, 11) is 0. The zero-order chi connectivity index (χ0) is 16.0. The second kappa shape index (κ2) is 12.3. The number of benzene rings is 1. The van der Waals surface area contributed by atoms with E-state index in [4.69, 9.17) is 16.3 Å². The molecule has 1 aromatic rings. The molecule has 0 radical (unpaired) electrons. The molecule has 1 rings (SSSR count). The van der Waals surface area contributed by atoms with Gasteiger partial charge in [-0.1, -0.05) is 43.5 Å². The number of esters is 1. The van der Waals surface area contributed by atoms with Crippen LogP contribution in [0.3, 0.4) is 0 Å². The van der Waals surface area contributed by atoms with E-state index in [1.54, 1.807) is 0 Å². The molecule has 2 nitrogen and oxygen atoms in total. The van der Waals surface area contributed by atoms with Gasteiger partial charge in [-0.05, 0) is 50.3 Å². The predicted molar refractivity (Wildman–Crippen MR) is 93.7 cm³/mol. The Morgan fingerprint density at radius 3 is 2.41 bits per heavy atom. The number of unbranched alkanes of at least 4 members (excludes halogenated alkanes) is 5. The quantitative estimate of drug-likeness (QED) is 0.231. The van der Waals surface area contributed by atoms with Crippen molar-refractivity contribution in [1.29, 1.82) is 0 Å². The largest absolute Gasteiger partial charge is 0.462 e. The minimum Gasteiger partial charge on any atom is -0.462 e. The van der Waals surface area contributed by atoms with E-state index in [9.17, 15) is 4.79 Å². The van der Waals surface area contributed by atoms with Gasteiger partial charge in [0.1, 0.15) is 0 Å². The van der Waals surface area contributed by atoms with E-state index in [0.29, 0.717) is 12.2 Å². The standard InChI is InChI=1S/C19H27ClO2/c1-2-22-19(21)18-14-12-17(13-15-18)11-9-7-5-3-4-6-8-10-16-20/h7,9,12-15H,2-6,8,10-11,16H2,1H3/b9-7+. The highest BCUT2D eigenvalue weighted by molar-refractivity contribution is 6.17. The normalized spacial score (nSPS) is 11.0. The maximum absolute atomic E-state index is 11.5. The van der Waals surface area contributed by atoms with E-state index in [1.165, 1.54) is 31.2 Å². The number of hydrogen-bond acceptors (Lipinski definition) is 2. The predicted octanol–water partition coefficient (Wildman–Crippen LogP) is 5.54. The van der Waals surface area contributed by atoms with Crippen LogP contribution in [0.4, 0.5) is 0 Å². The van der Waals surface area contributed by atoms with E-state index >= 15 is 0 Å². The summed E-state index contributed by atoms with van der Waals surface area (Å²) in [4.78, 5) is 11.5. The van der Waals surface area contributed by atoms with Gasteiger partial charge >= 0.3 is 5.97 Å². The molecule has 0 heterocycles. The van der Waals surface area contributed by atoms with Crippen molar-refractivity contribution in [3.05, 3.63) is 47.5 Å². The van der Waals surface area contributed by atoms with Crippen molar-refractivity contribution < 1.29 is 9.53 Å². The SMILES string of the molecule is CCOC(=O)c1ccc(C/C=C/CCCCCCCCl)cc1. The summed E-state index contributed by atoms with van der Waals surface area (Å²) < 4.78 is 4.97. The molecule has 0 aliphatic carbocycles. The summed E-state index contributed by atoms with van der Waals surface area (Å²) in [6, 6.07) is 7.64. The molecule has 0 aliphatic rings. The number of hydrogen-bond donors (Lipinski definition) is 0. The van der Waals surface area contributed by atoms with Crippen LogP contribution in [0.5, 0.6) is 0 Å². The van der Waals surface area contributed by atoms with E-state index in [1.807, 2.05) is 31.2 Å². The highest BCUT2D eigenvalue weighted by Crippen LogP contribution is 2.09. The van der Waals surface area contributed by atoms with Crippen LogP contribution in [-0.2, 0) is 11.2 Å². The molecule has 3 heteroatoms. The highest BCUT2D eigenvalue weighted by atomic mass is 35.5. The summed E-state index contributed by atoms with van der Waals surface area (Å²) in [6.45, 7) is 2.23. The topological polar surface area (TPSA) is 26.3 Å². The Morgan fingerprint density at radius 1 is 1.05 bits per heavy atom. The Hall–Kier alpha value is -1.28. The molecule has 122 valence electrons. The van der Waals surface area contributed by atoms with Crippen molar-refractivity contribution in [2.24, 2.45) is 0 Å². The van der Waals surface area contributed by atoms with Crippen molar-refractivity contribution in [3.63, 3.8) is 0 Å². The number of carbonyl (C=O) groups excluding carboxylic acids is 1. The molecule has 0 bridgehead atoms. The lowest BCUT2D eigenvalue weighted by atomic mass is 10.1. The molecule has 1 aromatic carbocycles. The molecule has 0 atom stereocenters. The van der Waals surface area contributed by atoms with Crippen LogP contribution in [0.25, 0.3) is 0 Å². The molecule has 0 unspecified atom stereocenters. The minimum absolute atomic E-state index is 0.251. The highest BCUT2D eigenvalue weighted by Gasteiger charge is 2.04. The fourth-order valence-electron chi connectivity index (χ4n) is 2.22. The molecule has 22 heavy (non-hydrogen) atoms. The van der Waals surface area contributed by atoms with Crippen LogP contribution < -0.4 is 0 Å². The van der Waals surface area contributed by atoms with Crippen LogP contribution in [0, 0.1) is 0 Å². The van der Waals surface area contributed by atoms with Crippen molar-refractivity contribution in [2.45, 2.75) is 51.9 Å². The number of carbonyl (C=O) groups is 1. The molecule has 0 N–H and O–H groups in total. The van der Waals surface area contributed by atoms with E-state index in [-0.39, 0.29) is 5.97 Å². The smallest absolute Gasteiger partial charge is 0.338 e. The van der Waals surface area contributed by atoms with E-state index in [2.05, 4.69) is 12.2 Å². The summed E-state index contributed by atoms with van der Waals surface area (Å²) >= 11 is 5.65. The Bertz CT molecular complexity index is 437. The van der Waals surface area contributed by atoms with Crippen LogP contribution >= 0.6 is 11.6 Å². The maximum atomic E-state index is 11.5.